The van der Waals surface area contributed by atoms with E-state index in [9.17, 15) is 9.59 Å². The summed E-state index contributed by atoms with van der Waals surface area (Å²) in [7, 11) is 1.32. The predicted molar refractivity (Wildman–Crippen MR) is 41.4 cm³/mol. The molecule has 1 fully saturated rings. The van der Waals surface area contributed by atoms with Crippen LogP contribution >= 0.6 is 11.8 Å². The highest BCUT2D eigenvalue weighted by Crippen LogP contribution is 2.13. The van der Waals surface area contributed by atoms with Crippen molar-refractivity contribution in [1.29, 1.82) is 0 Å². The molecule has 1 aliphatic rings. The van der Waals surface area contributed by atoms with Crippen LogP contribution in [0.5, 0.6) is 0 Å². The van der Waals surface area contributed by atoms with Crippen molar-refractivity contribution in [3.63, 3.8) is 0 Å². The van der Waals surface area contributed by atoms with Crippen molar-refractivity contribution in [2.45, 2.75) is 12.5 Å². The summed E-state index contributed by atoms with van der Waals surface area (Å²) in [5.74, 6) is 0.324. The average Bonchev–Trinajstić information content (AvgIpc) is 2.03. The first-order valence-electron chi connectivity index (χ1n) is 3.25. The molecule has 1 aliphatic heterocycles. The third-order valence-electron chi connectivity index (χ3n) is 1.42. The first kappa shape index (κ1) is 8.39. The zero-order valence-corrected chi connectivity index (χ0v) is 6.94. The second-order valence-electron chi connectivity index (χ2n) is 2.14. The highest BCUT2D eigenvalue weighted by atomic mass is 32.2. The molecule has 1 saturated heterocycles. The van der Waals surface area contributed by atoms with E-state index >= 15 is 0 Å². The summed E-state index contributed by atoms with van der Waals surface area (Å²) >= 11 is 1.19. The number of ether oxygens (including phenoxy) is 1. The molecule has 62 valence electrons. The number of thioether (sulfide) groups is 1. The second kappa shape index (κ2) is 3.61. The maximum absolute atomic E-state index is 10.9. The Morgan fingerprint density at radius 2 is 2.55 bits per heavy atom. The molecular formula is C6H9NO3S. The van der Waals surface area contributed by atoms with Crippen molar-refractivity contribution in [3.8, 4) is 0 Å². The van der Waals surface area contributed by atoms with E-state index in [2.05, 4.69) is 10.1 Å². The van der Waals surface area contributed by atoms with Crippen molar-refractivity contribution < 1.29 is 14.3 Å². The quantitative estimate of drug-likeness (QED) is 0.585. The third-order valence-corrected chi connectivity index (χ3v) is 2.24. The Balaban J connectivity index is 2.45. The van der Waals surface area contributed by atoms with Crippen LogP contribution in [0.2, 0.25) is 0 Å². The van der Waals surface area contributed by atoms with Gasteiger partial charge in [-0.3, -0.25) is 4.79 Å². The summed E-state index contributed by atoms with van der Waals surface area (Å²) in [4.78, 5) is 21.6. The summed E-state index contributed by atoms with van der Waals surface area (Å²) in [6.07, 6.45) is 0.656. The van der Waals surface area contributed by atoms with Crippen molar-refractivity contribution >= 4 is 23.0 Å². The average molecular weight is 175 g/mol. The number of hydrogen-bond acceptors (Lipinski definition) is 4. The Bertz CT molecular complexity index is 183. The first-order chi connectivity index (χ1) is 5.24. The minimum absolute atomic E-state index is 0.147. The molecule has 1 N–H and O–H groups in total. The van der Waals surface area contributed by atoms with Gasteiger partial charge in [-0.15, -0.1) is 0 Å². The van der Waals surface area contributed by atoms with Crippen LogP contribution in [-0.4, -0.2) is 30.1 Å². The van der Waals surface area contributed by atoms with Crippen molar-refractivity contribution in [2.24, 2.45) is 0 Å². The van der Waals surface area contributed by atoms with Crippen LogP contribution in [0.25, 0.3) is 0 Å². The highest BCUT2D eigenvalue weighted by molar-refractivity contribution is 8.13. The Morgan fingerprint density at radius 3 is 3.09 bits per heavy atom. The number of methoxy groups -OCH3 is 1. The maximum atomic E-state index is 10.9. The molecular weight excluding hydrogens is 166 g/mol. The van der Waals surface area contributed by atoms with E-state index in [0.29, 0.717) is 12.2 Å². The third kappa shape index (κ3) is 2.11. The van der Waals surface area contributed by atoms with E-state index in [1.807, 2.05) is 0 Å². The van der Waals surface area contributed by atoms with E-state index in [1.54, 1.807) is 0 Å². The number of hydrogen-bond donors (Lipinski definition) is 1. The Labute approximate surface area is 68.7 Å². The highest BCUT2D eigenvalue weighted by Gasteiger charge is 2.25. The normalized spacial score (nSPS) is 24.1. The molecule has 0 aromatic heterocycles. The maximum Gasteiger partial charge on any atom is 0.328 e. The molecule has 0 radical (unpaired) electrons. The molecule has 0 saturated carbocycles. The lowest BCUT2D eigenvalue weighted by atomic mass is 10.2. The van der Waals surface area contributed by atoms with Crippen LogP contribution in [0, 0.1) is 0 Å². The van der Waals surface area contributed by atoms with Gasteiger partial charge in [0.05, 0.1) is 7.11 Å². The van der Waals surface area contributed by atoms with Gasteiger partial charge in [0.25, 0.3) is 5.24 Å². The molecule has 0 spiro atoms. The van der Waals surface area contributed by atoms with E-state index in [4.69, 9.17) is 0 Å². The second-order valence-corrected chi connectivity index (χ2v) is 3.21. The summed E-state index contributed by atoms with van der Waals surface area (Å²) in [5.41, 5.74) is 0. The summed E-state index contributed by atoms with van der Waals surface area (Å²) in [6.45, 7) is 0. The lowest BCUT2D eigenvalue weighted by Crippen LogP contribution is -2.43. The van der Waals surface area contributed by atoms with Gasteiger partial charge < -0.3 is 10.1 Å². The Kier molecular flexibility index (Phi) is 2.76. The standard InChI is InChI=1S/C6H9NO3S/c1-10-5(8)4-2-3-11-6(9)7-4/h4H,2-3H2,1H3,(H,7,9)/t4-/m1/s1. The van der Waals surface area contributed by atoms with Gasteiger partial charge in [-0.1, -0.05) is 11.8 Å². The fourth-order valence-corrected chi connectivity index (χ4v) is 1.61. The molecule has 4 nitrogen and oxygen atoms in total. The molecule has 1 atom stereocenters. The molecule has 0 aromatic rings. The molecule has 1 heterocycles. The summed E-state index contributed by atoms with van der Waals surface area (Å²) in [6, 6.07) is -0.436. The monoisotopic (exact) mass is 175 g/mol. The van der Waals surface area contributed by atoms with Crippen LogP contribution in [0.4, 0.5) is 4.79 Å². The Hall–Kier alpha value is -0.710. The SMILES string of the molecule is COC(=O)[C@H]1CCSC(=O)N1. The van der Waals surface area contributed by atoms with Gasteiger partial charge >= 0.3 is 5.97 Å². The predicted octanol–water partition coefficient (Wildman–Crippen LogP) is 0.374. The Morgan fingerprint density at radius 1 is 1.82 bits per heavy atom. The van der Waals surface area contributed by atoms with Crippen molar-refractivity contribution in [3.05, 3.63) is 0 Å². The zero-order chi connectivity index (χ0) is 8.27. The number of carbonyl (C=O) groups is 2. The largest absolute Gasteiger partial charge is 0.467 e. The zero-order valence-electron chi connectivity index (χ0n) is 6.12. The van der Waals surface area contributed by atoms with E-state index in [0.717, 1.165) is 0 Å². The minimum atomic E-state index is -0.436. The van der Waals surface area contributed by atoms with Gasteiger partial charge in [0, 0.05) is 5.75 Å². The molecule has 0 aliphatic carbocycles. The van der Waals surface area contributed by atoms with E-state index in [-0.39, 0.29) is 11.2 Å². The number of esters is 1. The summed E-state index contributed by atoms with van der Waals surface area (Å²) in [5, 5.41) is 2.37. The number of rotatable bonds is 1. The summed E-state index contributed by atoms with van der Waals surface area (Å²) < 4.78 is 4.48. The molecule has 5 heteroatoms. The van der Waals surface area contributed by atoms with Gasteiger partial charge in [0.2, 0.25) is 0 Å². The molecule has 0 aromatic carbocycles. The number of amides is 1. The fourth-order valence-electron chi connectivity index (χ4n) is 0.845. The van der Waals surface area contributed by atoms with Crippen LogP contribution in [-0.2, 0) is 9.53 Å². The van der Waals surface area contributed by atoms with Crippen LogP contribution in [0.3, 0.4) is 0 Å². The van der Waals surface area contributed by atoms with Crippen LogP contribution < -0.4 is 5.32 Å². The molecule has 1 rings (SSSR count). The van der Waals surface area contributed by atoms with Crippen LogP contribution in [0.1, 0.15) is 6.42 Å². The smallest absolute Gasteiger partial charge is 0.328 e. The minimum Gasteiger partial charge on any atom is -0.467 e. The number of carbonyl (C=O) groups excluding carboxylic acids is 2. The lowest BCUT2D eigenvalue weighted by molar-refractivity contribution is -0.142. The van der Waals surface area contributed by atoms with Crippen molar-refractivity contribution in [1.82, 2.24) is 5.32 Å². The molecule has 0 bridgehead atoms. The lowest BCUT2D eigenvalue weighted by Gasteiger charge is -2.19. The van der Waals surface area contributed by atoms with Gasteiger partial charge in [-0.05, 0) is 6.42 Å². The topological polar surface area (TPSA) is 55.4 Å². The van der Waals surface area contributed by atoms with Gasteiger partial charge in [0.15, 0.2) is 0 Å². The first-order valence-corrected chi connectivity index (χ1v) is 4.23. The molecule has 11 heavy (non-hydrogen) atoms. The molecule has 1 amide bonds. The van der Waals surface area contributed by atoms with Crippen molar-refractivity contribution in [2.75, 3.05) is 12.9 Å². The number of nitrogens with one attached hydrogen (secondary N) is 1. The van der Waals surface area contributed by atoms with Gasteiger partial charge in [-0.25, -0.2) is 4.79 Å². The fraction of sp³-hybridized carbons (Fsp3) is 0.667. The van der Waals surface area contributed by atoms with E-state index < -0.39 is 6.04 Å². The van der Waals surface area contributed by atoms with Gasteiger partial charge in [-0.2, -0.15) is 0 Å². The van der Waals surface area contributed by atoms with Crippen LogP contribution in [0.15, 0.2) is 0 Å². The van der Waals surface area contributed by atoms with Gasteiger partial charge in [0.1, 0.15) is 6.04 Å². The molecule has 0 unspecified atom stereocenters. The van der Waals surface area contributed by atoms with E-state index in [1.165, 1.54) is 18.9 Å².